The van der Waals surface area contributed by atoms with Crippen LogP contribution in [0.15, 0.2) is 42.6 Å². The first-order valence-corrected chi connectivity index (χ1v) is 8.44. The van der Waals surface area contributed by atoms with E-state index in [1.54, 1.807) is 6.92 Å². The number of carbonyl (C=O) groups excluding carboxylic acids is 2. The standard InChI is InChI=1S/C19H20F3N3O3/c1-11(14-4-6-16(7-5-14)28-19(21,22)12(2)20)24-18(27)15-8-9-23-17(10-15)25-13(3)26/h4-12H,1-3H3,(H,24,27)(H,23,25,26). The second-order valence-electron chi connectivity index (χ2n) is 6.15. The first-order chi connectivity index (χ1) is 13.1. The summed E-state index contributed by atoms with van der Waals surface area (Å²) in [5, 5.41) is 5.24. The van der Waals surface area contributed by atoms with Crippen molar-refractivity contribution in [2.45, 2.75) is 39.1 Å². The van der Waals surface area contributed by atoms with Gasteiger partial charge < -0.3 is 15.4 Å². The van der Waals surface area contributed by atoms with Gasteiger partial charge in [0.05, 0.1) is 6.04 Å². The van der Waals surface area contributed by atoms with Crippen LogP contribution in [0.2, 0.25) is 0 Å². The van der Waals surface area contributed by atoms with Crippen LogP contribution < -0.4 is 15.4 Å². The molecule has 0 aliphatic rings. The van der Waals surface area contributed by atoms with Gasteiger partial charge in [0, 0.05) is 18.7 Å². The number of amides is 2. The van der Waals surface area contributed by atoms with E-state index in [0.717, 1.165) is 0 Å². The maximum absolute atomic E-state index is 13.3. The highest BCUT2D eigenvalue weighted by Gasteiger charge is 2.39. The molecular weight excluding hydrogens is 375 g/mol. The molecule has 0 bridgehead atoms. The van der Waals surface area contributed by atoms with Crippen LogP contribution in [0.5, 0.6) is 5.75 Å². The van der Waals surface area contributed by atoms with Gasteiger partial charge in [-0.2, -0.15) is 8.78 Å². The predicted octanol–water partition coefficient (Wildman–Crippen LogP) is 3.86. The molecule has 1 heterocycles. The summed E-state index contributed by atoms with van der Waals surface area (Å²) in [7, 11) is 0. The molecule has 2 rings (SSSR count). The molecule has 0 aliphatic heterocycles. The van der Waals surface area contributed by atoms with Gasteiger partial charge in [0.2, 0.25) is 12.1 Å². The maximum Gasteiger partial charge on any atom is 0.429 e. The van der Waals surface area contributed by atoms with Crippen molar-refractivity contribution in [3.05, 3.63) is 53.7 Å². The van der Waals surface area contributed by atoms with Crippen molar-refractivity contribution in [2.75, 3.05) is 5.32 Å². The fourth-order valence-corrected chi connectivity index (χ4v) is 2.25. The molecule has 1 aromatic carbocycles. The first kappa shape index (κ1) is 21.2. The second kappa shape index (κ2) is 8.73. The largest absolute Gasteiger partial charge is 0.430 e. The lowest BCUT2D eigenvalue weighted by Gasteiger charge is -2.20. The number of halogens is 3. The van der Waals surface area contributed by atoms with E-state index in [1.165, 1.54) is 49.5 Å². The maximum atomic E-state index is 13.3. The molecule has 2 amide bonds. The second-order valence-corrected chi connectivity index (χ2v) is 6.15. The molecule has 2 aromatic rings. The van der Waals surface area contributed by atoms with E-state index in [0.29, 0.717) is 18.1 Å². The Morgan fingerprint density at radius 3 is 2.36 bits per heavy atom. The lowest BCUT2D eigenvalue weighted by Crippen LogP contribution is -2.34. The number of benzene rings is 1. The quantitative estimate of drug-likeness (QED) is 0.746. The van der Waals surface area contributed by atoms with E-state index in [2.05, 4.69) is 20.4 Å². The SMILES string of the molecule is CC(=O)Nc1cc(C(=O)NC(C)c2ccc(OC(F)(F)C(C)F)cc2)ccn1. The van der Waals surface area contributed by atoms with Crippen molar-refractivity contribution >= 4 is 17.6 Å². The van der Waals surface area contributed by atoms with Gasteiger partial charge in [-0.1, -0.05) is 12.1 Å². The molecule has 9 heteroatoms. The van der Waals surface area contributed by atoms with Crippen molar-refractivity contribution in [3.8, 4) is 5.75 Å². The van der Waals surface area contributed by atoms with Gasteiger partial charge in [-0.05, 0) is 43.7 Å². The molecule has 28 heavy (non-hydrogen) atoms. The Balaban J connectivity index is 2.03. The Bertz CT molecular complexity index is 842. The topological polar surface area (TPSA) is 80.3 Å². The number of nitrogens with zero attached hydrogens (tertiary/aromatic N) is 1. The highest BCUT2D eigenvalue weighted by atomic mass is 19.3. The molecule has 2 atom stereocenters. The Kier molecular flexibility index (Phi) is 6.61. The van der Waals surface area contributed by atoms with Crippen molar-refractivity contribution < 1.29 is 27.5 Å². The minimum atomic E-state index is -3.92. The number of anilines is 1. The summed E-state index contributed by atoms with van der Waals surface area (Å²) in [5.74, 6) is -0.656. The molecule has 150 valence electrons. The fourth-order valence-electron chi connectivity index (χ4n) is 2.25. The number of hydrogen-bond donors (Lipinski definition) is 2. The van der Waals surface area contributed by atoms with Crippen LogP contribution >= 0.6 is 0 Å². The molecule has 1 aromatic heterocycles. The number of pyridine rings is 1. The molecule has 0 fully saturated rings. The lowest BCUT2D eigenvalue weighted by atomic mass is 10.1. The van der Waals surface area contributed by atoms with Gasteiger partial charge in [0.25, 0.3) is 5.91 Å². The van der Waals surface area contributed by atoms with Gasteiger partial charge in [-0.25, -0.2) is 9.37 Å². The van der Waals surface area contributed by atoms with E-state index < -0.39 is 24.2 Å². The minimum Gasteiger partial charge on any atom is -0.430 e. The van der Waals surface area contributed by atoms with Crippen molar-refractivity contribution in [1.29, 1.82) is 0 Å². The number of hydrogen-bond acceptors (Lipinski definition) is 4. The van der Waals surface area contributed by atoms with Crippen LogP contribution in [0.4, 0.5) is 19.0 Å². The summed E-state index contributed by atoms with van der Waals surface area (Å²) in [4.78, 5) is 27.4. The average Bonchev–Trinajstić information content (AvgIpc) is 2.61. The Morgan fingerprint density at radius 2 is 1.79 bits per heavy atom. The van der Waals surface area contributed by atoms with Gasteiger partial charge >= 0.3 is 6.11 Å². The lowest BCUT2D eigenvalue weighted by molar-refractivity contribution is -0.215. The molecule has 0 saturated carbocycles. The van der Waals surface area contributed by atoms with E-state index >= 15 is 0 Å². The highest BCUT2D eigenvalue weighted by Crippen LogP contribution is 2.27. The summed E-state index contributed by atoms with van der Waals surface area (Å²) in [5.41, 5.74) is 0.926. The zero-order valence-electron chi connectivity index (χ0n) is 15.5. The predicted molar refractivity (Wildman–Crippen MR) is 97.0 cm³/mol. The number of rotatable bonds is 7. The Labute approximate surface area is 160 Å². The number of aromatic nitrogens is 1. The summed E-state index contributed by atoms with van der Waals surface area (Å²) < 4.78 is 43.7. The van der Waals surface area contributed by atoms with E-state index in [4.69, 9.17) is 0 Å². The fraction of sp³-hybridized carbons (Fsp3) is 0.316. The highest BCUT2D eigenvalue weighted by molar-refractivity contribution is 5.96. The molecule has 0 spiro atoms. The third-order valence-electron chi connectivity index (χ3n) is 3.77. The number of carbonyl (C=O) groups is 2. The number of alkyl halides is 3. The normalized spacial score (nSPS) is 13.4. The molecular formula is C19H20F3N3O3. The first-order valence-electron chi connectivity index (χ1n) is 8.44. The number of ether oxygens (including phenoxy) is 1. The van der Waals surface area contributed by atoms with Crippen LogP contribution in [0.1, 0.15) is 42.7 Å². The van der Waals surface area contributed by atoms with E-state index in [-0.39, 0.29) is 17.5 Å². The van der Waals surface area contributed by atoms with Crippen molar-refractivity contribution in [3.63, 3.8) is 0 Å². The van der Waals surface area contributed by atoms with Crippen molar-refractivity contribution in [2.24, 2.45) is 0 Å². The average molecular weight is 395 g/mol. The molecule has 2 unspecified atom stereocenters. The summed E-state index contributed by atoms with van der Waals surface area (Å²) in [6.07, 6.45) is -4.98. The van der Waals surface area contributed by atoms with Crippen LogP contribution in [0, 0.1) is 0 Å². The van der Waals surface area contributed by atoms with Crippen LogP contribution in [0.25, 0.3) is 0 Å². The zero-order chi connectivity index (χ0) is 20.9. The van der Waals surface area contributed by atoms with Gasteiger partial charge in [-0.3, -0.25) is 9.59 Å². The molecule has 6 nitrogen and oxygen atoms in total. The Hall–Kier alpha value is -3.10. The third kappa shape index (κ3) is 5.70. The molecule has 2 N–H and O–H groups in total. The van der Waals surface area contributed by atoms with Gasteiger partial charge in [0.1, 0.15) is 11.6 Å². The minimum absolute atomic E-state index is 0.189. The number of nitrogens with one attached hydrogen (secondary N) is 2. The van der Waals surface area contributed by atoms with Gasteiger partial charge in [0.15, 0.2) is 0 Å². The van der Waals surface area contributed by atoms with E-state index in [1.807, 2.05) is 0 Å². The van der Waals surface area contributed by atoms with Crippen LogP contribution in [0.3, 0.4) is 0 Å². The Morgan fingerprint density at radius 1 is 1.14 bits per heavy atom. The van der Waals surface area contributed by atoms with Gasteiger partial charge in [-0.15, -0.1) is 0 Å². The van der Waals surface area contributed by atoms with Crippen molar-refractivity contribution in [1.82, 2.24) is 10.3 Å². The van der Waals surface area contributed by atoms with Crippen LogP contribution in [-0.4, -0.2) is 29.1 Å². The smallest absolute Gasteiger partial charge is 0.429 e. The molecule has 0 aliphatic carbocycles. The zero-order valence-corrected chi connectivity index (χ0v) is 15.5. The summed E-state index contributed by atoms with van der Waals surface area (Å²) in [6.45, 7) is 3.75. The summed E-state index contributed by atoms with van der Waals surface area (Å²) in [6, 6.07) is 8.01. The van der Waals surface area contributed by atoms with Crippen LogP contribution in [-0.2, 0) is 4.79 Å². The molecule has 0 radical (unpaired) electrons. The third-order valence-corrected chi connectivity index (χ3v) is 3.77. The van der Waals surface area contributed by atoms with E-state index in [9.17, 15) is 22.8 Å². The molecule has 0 saturated heterocycles. The monoisotopic (exact) mass is 395 g/mol. The summed E-state index contributed by atoms with van der Waals surface area (Å²) >= 11 is 0.